The fraction of sp³-hybridized carbons (Fsp3) is 0.273. The van der Waals surface area contributed by atoms with Crippen LogP contribution in [0.2, 0.25) is 0 Å². The Labute approximate surface area is 249 Å². The predicted molar refractivity (Wildman–Crippen MR) is 165 cm³/mol. The van der Waals surface area contributed by atoms with Gasteiger partial charge in [0.1, 0.15) is 0 Å². The van der Waals surface area contributed by atoms with E-state index in [9.17, 15) is 29.4 Å². The van der Waals surface area contributed by atoms with Crippen LogP contribution < -0.4 is 10.6 Å². The van der Waals surface area contributed by atoms with Gasteiger partial charge in [-0.3, -0.25) is 19.2 Å². The minimum atomic E-state index is -0.961. The lowest BCUT2D eigenvalue weighted by Gasteiger charge is -2.06. The third kappa shape index (κ3) is 6.23. The van der Waals surface area contributed by atoms with Crippen molar-refractivity contribution in [3.63, 3.8) is 0 Å². The van der Waals surface area contributed by atoms with E-state index < -0.39 is 11.9 Å². The molecule has 2 aliphatic heterocycles. The van der Waals surface area contributed by atoms with Crippen LogP contribution in [0.15, 0.2) is 52.9 Å². The predicted octanol–water partition coefficient (Wildman–Crippen LogP) is 4.84. The molecule has 2 aliphatic rings. The standard InChI is InChI=1S/C33H36N4O6/c1-7-20-16(3)24(34-27(20)14-26-17(4)21(8-2)33(43)36-26)13-25-18(5)22(9-11-30(38)39)28(35-25)15-29-23(10-12-31(40)41)19(6)32(42)37-29/h7-8,14-15,34-35H,1-2,9-13H2,3-6H3,(H,36,43)(H,37,42)(H,38,39)(H,40,41)/b26-14+,29-15+. The van der Waals surface area contributed by atoms with Crippen LogP contribution in [0.25, 0.3) is 18.2 Å². The zero-order chi connectivity index (χ0) is 31.6. The monoisotopic (exact) mass is 584 g/mol. The van der Waals surface area contributed by atoms with Gasteiger partial charge in [-0.2, -0.15) is 0 Å². The number of carboxylic acids is 2. The van der Waals surface area contributed by atoms with Gasteiger partial charge >= 0.3 is 11.9 Å². The second kappa shape index (κ2) is 12.4. The molecule has 4 rings (SSSR count). The van der Waals surface area contributed by atoms with Gasteiger partial charge < -0.3 is 30.8 Å². The van der Waals surface area contributed by atoms with Crippen LogP contribution in [0, 0.1) is 13.8 Å². The highest BCUT2D eigenvalue weighted by atomic mass is 16.4. The molecule has 0 bridgehead atoms. The van der Waals surface area contributed by atoms with Gasteiger partial charge in [-0.25, -0.2) is 0 Å². The number of carbonyl (C=O) groups is 4. The van der Waals surface area contributed by atoms with Crippen LogP contribution in [0.1, 0.15) is 78.1 Å². The van der Waals surface area contributed by atoms with Gasteiger partial charge in [0.2, 0.25) is 0 Å². The third-order valence-corrected chi connectivity index (χ3v) is 8.13. The summed E-state index contributed by atoms with van der Waals surface area (Å²) >= 11 is 0. The molecule has 0 fully saturated rings. The van der Waals surface area contributed by atoms with E-state index in [1.807, 2.05) is 26.8 Å². The fourth-order valence-corrected chi connectivity index (χ4v) is 5.57. The number of rotatable bonds is 12. The lowest BCUT2D eigenvalue weighted by molar-refractivity contribution is -0.138. The number of aromatic nitrogens is 2. The van der Waals surface area contributed by atoms with Crippen LogP contribution in [-0.2, 0) is 32.0 Å². The number of carbonyl (C=O) groups excluding carboxylic acids is 2. The number of H-pyrrole nitrogens is 2. The average molecular weight is 585 g/mol. The van der Waals surface area contributed by atoms with E-state index in [0.717, 1.165) is 44.9 Å². The first-order chi connectivity index (χ1) is 20.4. The highest BCUT2D eigenvalue weighted by Gasteiger charge is 2.26. The molecule has 224 valence electrons. The van der Waals surface area contributed by atoms with E-state index in [1.54, 1.807) is 19.1 Å². The van der Waals surface area contributed by atoms with E-state index in [4.69, 9.17) is 0 Å². The fourth-order valence-electron chi connectivity index (χ4n) is 5.57. The Morgan fingerprint density at radius 1 is 0.744 bits per heavy atom. The minimum absolute atomic E-state index is 0.0768. The summed E-state index contributed by atoms with van der Waals surface area (Å²) in [6.07, 6.45) is 7.68. The van der Waals surface area contributed by atoms with Crippen molar-refractivity contribution in [2.45, 2.75) is 59.8 Å². The molecular formula is C33H36N4O6. The molecule has 4 heterocycles. The van der Waals surface area contributed by atoms with Crippen molar-refractivity contribution in [2.75, 3.05) is 0 Å². The number of amides is 2. The number of carboxylic acid groups (broad SMARTS) is 2. The summed E-state index contributed by atoms with van der Waals surface area (Å²) in [5.41, 5.74) is 10.4. The second-order valence-corrected chi connectivity index (χ2v) is 10.7. The van der Waals surface area contributed by atoms with E-state index in [1.165, 1.54) is 6.08 Å². The van der Waals surface area contributed by atoms with Crippen LogP contribution in [-0.4, -0.2) is 43.9 Å². The molecule has 0 saturated heterocycles. The van der Waals surface area contributed by atoms with Crippen LogP contribution >= 0.6 is 0 Å². The maximum atomic E-state index is 12.4. The zero-order valence-corrected chi connectivity index (χ0v) is 24.8. The van der Waals surface area contributed by atoms with Gasteiger partial charge in [-0.15, -0.1) is 0 Å². The van der Waals surface area contributed by atoms with Crippen molar-refractivity contribution < 1.29 is 29.4 Å². The summed E-state index contributed by atoms with van der Waals surface area (Å²) in [6, 6.07) is 0. The first-order valence-electron chi connectivity index (χ1n) is 13.9. The molecule has 0 aliphatic carbocycles. The third-order valence-electron chi connectivity index (χ3n) is 8.13. The van der Waals surface area contributed by atoms with Crippen LogP contribution in [0.5, 0.6) is 0 Å². The summed E-state index contributed by atoms with van der Waals surface area (Å²) in [4.78, 5) is 54.3. The summed E-state index contributed by atoms with van der Waals surface area (Å²) in [5, 5.41) is 24.3. The van der Waals surface area contributed by atoms with E-state index in [-0.39, 0.29) is 37.5 Å². The first kappa shape index (κ1) is 30.8. The van der Waals surface area contributed by atoms with Crippen molar-refractivity contribution in [3.05, 3.63) is 97.9 Å². The van der Waals surface area contributed by atoms with Gasteiger partial charge in [-0.1, -0.05) is 25.3 Å². The quantitative estimate of drug-likeness (QED) is 0.209. The molecule has 10 nitrogen and oxygen atoms in total. The molecule has 0 radical (unpaired) electrons. The Morgan fingerprint density at radius 2 is 1.33 bits per heavy atom. The van der Waals surface area contributed by atoms with E-state index in [2.05, 4.69) is 33.8 Å². The van der Waals surface area contributed by atoms with Gasteiger partial charge in [0.05, 0.1) is 0 Å². The van der Waals surface area contributed by atoms with E-state index in [0.29, 0.717) is 40.2 Å². The maximum absolute atomic E-state index is 12.4. The molecule has 6 N–H and O–H groups in total. The largest absolute Gasteiger partial charge is 0.481 e. The highest BCUT2D eigenvalue weighted by molar-refractivity contribution is 6.03. The molecule has 2 aromatic rings. The minimum Gasteiger partial charge on any atom is -0.481 e. The Morgan fingerprint density at radius 3 is 1.93 bits per heavy atom. The SMILES string of the molecule is C=CC1=C(C)/C(=C\c2[nH]c(Cc3[nH]c(/C=C4/NC(=O)C(C)=C4CCC(=O)O)c(CCC(=O)O)c3C)c(C)c2C=C)NC1=O. The summed E-state index contributed by atoms with van der Waals surface area (Å²) in [6.45, 7) is 15.1. The second-order valence-electron chi connectivity index (χ2n) is 10.7. The molecule has 2 aromatic heterocycles. The Balaban J connectivity index is 1.74. The van der Waals surface area contributed by atoms with Crippen LogP contribution in [0.4, 0.5) is 0 Å². The molecule has 0 spiro atoms. The molecule has 2 amide bonds. The van der Waals surface area contributed by atoms with Crippen LogP contribution in [0.3, 0.4) is 0 Å². The lowest BCUT2D eigenvalue weighted by atomic mass is 9.99. The number of aliphatic carboxylic acids is 2. The number of nitrogens with one attached hydrogen (secondary N) is 4. The number of allylic oxidation sites excluding steroid dienone is 2. The molecule has 43 heavy (non-hydrogen) atoms. The van der Waals surface area contributed by atoms with Gasteiger partial charge in [-0.05, 0) is 80.5 Å². The number of aromatic amines is 2. The summed E-state index contributed by atoms with van der Waals surface area (Å²) in [7, 11) is 0. The highest BCUT2D eigenvalue weighted by Crippen LogP contribution is 2.32. The Bertz CT molecular complexity index is 1710. The normalized spacial score (nSPS) is 16.8. The Kier molecular flexibility index (Phi) is 8.89. The Hall–Kier alpha value is -5.12. The first-order valence-corrected chi connectivity index (χ1v) is 13.9. The molecule has 0 aromatic carbocycles. The molecular weight excluding hydrogens is 548 g/mol. The molecule has 0 saturated carbocycles. The van der Waals surface area contributed by atoms with Gasteiger partial charge in [0.15, 0.2) is 0 Å². The summed E-state index contributed by atoms with van der Waals surface area (Å²) < 4.78 is 0. The zero-order valence-electron chi connectivity index (χ0n) is 24.8. The lowest BCUT2D eigenvalue weighted by Crippen LogP contribution is -2.15. The molecule has 10 heteroatoms. The molecule has 0 atom stereocenters. The average Bonchev–Trinajstić information content (AvgIpc) is 3.59. The van der Waals surface area contributed by atoms with Gasteiger partial charge in [0, 0.05) is 70.1 Å². The van der Waals surface area contributed by atoms with Gasteiger partial charge in [0.25, 0.3) is 11.8 Å². The summed E-state index contributed by atoms with van der Waals surface area (Å²) in [5.74, 6) is -2.37. The van der Waals surface area contributed by atoms with Crippen molar-refractivity contribution in [1.82, 2.24) is 20.6 Å². The van der Waals surface area contributed by atoms with E-state index >= 15 is 0 Å². The number of hydrogen-bond donors (Lipinski definition) is 6. The van der Waals surface area contributed by atoms with Crippen molar-refractivity contribution in [3.8, 4) is 0 Å². The molecule has 0 unspecified atom stereocenters. The van der Waals surface area contributed by atoms with Crippen molar-refractivity contribution in [2.24, 2.45) is 0 Å². The topological polar surface area (TPSA) is 164 Å². The number of hydrogen-bond acceptors (Lipinski definition) is 4. The maximum Gasteiger partial charge on any atom is 0.303 e. The van der Waals surface area contributed by atoms with Crippen molar-refractivity contribution in [1.29, 1.82) is 0 Å². The smallest absolute Gasteiger partial charge is 0.303 e. The van der Waals surface area contributed by atoms with Crippen molar-refractivity contribution >= 4 is 42.0 Å².